The number of aliphatic hydroxyl groups excluding tert-OH is 1. The van der Waals surface area contributed by atoms with Gasteiger partial charge in [0.2, 0.25) is 0 Å². The third-order valence-electron chi connectivity index (χ3n) is 3.60. The fourth-order valence-electron chi connectivity index (χ4n) is 2.09. The number of aliphatic hydroxyl groups is 1. The molecular formula is C14H29NaO4S. The van der Waals surface area contributed by atoms with E-state index in [0.29, 0.717) is 6.42 Å². The zero-order valence-corrected chi connectivity index (χ0v) is 16.1. The summed E-state index contributed by atoms with van der Waals surface area (Å²) >= 11 is 0. The first-order chi connectivity index (χ1) is 8.89. The quantitative estimate of drug-likeness (QED) is 0.317. The molecule has 1 N–H and O–H groups in total. The van der Waals surface area contributed by atoms with Crippen LogP contribution in [0.3, 0.4) is 0 Å². The molecule has 0 saturated carbocycles. The summed E-state index contributed by atoms with van der Waals surface area (Å²) in [5.41, 5.74) is 0. The van der Waals surface area contributed by atoms with Crippen LogP contribution in [0.5, 0.6) is 0 Å². The number of rotatable bonds is 12. The van der Waals surface area contributed by atoms with Crippen LogP contribution in [0.25, 0.3) is 0 Å². The maximum atomic E-state index is 10.7. The third kappa shape index (κ3) is 12.6. The second-order valence-corrected chi connectivity index (χ2v) is 7.11. The summed E-state index contributed by atoms with van der Waals surface area (Å²) in [4.78, 5) is 0. The van der Waals surface area contributed by atoms with Crippen molar-refractivity contribution in [2.75, 3.05) is 0 Å². The second-order valence-electron chi connectivity index (χ2n) is 5.38. The van der Waals surface area contributed by atoms with E-state index in [4.69, 9.17) is 0 Å². The molecule has 0 radical (unpaired) electrons. The molecule has 0 amide bonds. The van der Waals surface area contributed by atoms with Crippen LogP contribution in [-0.2, 0) is 10.1 Å². The molecule has 0 rings (SSSR count). The first-order valence-electron chi connectivity index (χ1n) is 7.52. The van der Waals surface area contributed by atoms with E-state index in [2.05, 4.69) is 6.92 Å². The van der Waals surface area contributed by atoms with E-state index in [1.165, 1.54) is 45.4 Å². The molecule has 0 heterocycles. The average Bonchev–Trinajstić information content (AvgIpc) is 2.34. The Morgan fingerprint density at radius 3 is 1.75 bits per heavy atom. The van der Waals surface area contributed by atoms with E-state index in [9.17, 15) is 18.1 Å². The Kier molecular flexibility index (Phi) is 15.7. The van der Waals surface area contributed by atoms with Crippen LogP contribution >= 0.6 is 0 Å². The fraction of sp³-hybridized carbons (Fsp3) is 1.00. The van der Waals surface area contributed by atoms with E-state index >= 15 is 0 Å². The van der Waals surface area contributed by atoms with Gasteiger partial charge in [-0.15, -0.1) is 0 Å². The van der Waals surface area contributed by atoms with Gasteiger partial charge in [0.25, 0.3) is 0 Å². The Morgan fingerprint density at radius 1 is 0.950 bits per heavy atom. The van der Waals surface area contributed by atoms with Crippen molar-refractivity contribution in [1.29, 1.82) is 0 Å². The summed E-state index contributed by atoms with van der Waals surface area (Å²) < 4.78 is 32.2. The standard InChI is InChI=1S/C14H30O4S.Na/c1-3-4-5-6-7-8-9-10-11-12-14(15)13(2)19(16,17)18;/h13-15H,3-12H2,1-2H3,(H,16,17,18);/q;+1/p-1. The summed E-state index contributed by atoms with van der Waals surface area (Å²) in [6, 6.07) is 0. The molecule has 0 bridgehead atoms. The summed E-state index contributed by atoms with van der Waals surface area (Å²) in [6.45, 7) is 3.48. The Morgan fingerprint density at radius 2 is 1.35 bits per heavy atom. The van der Waals surface area contributed by atoms with Crippen molar-refractivity contribution >= 4 is 10.1 Å². The largest absolute Gasteiger partial charge is 1.00 e. The fourth-order valence-corrected chi connectivity index (χ4v) is 2.61. The molecule has 2 unspecified atom stereocenters. The summed E-state index contributed by atoms with van der Waals surface area (Å²) in [5, 5.41) is 8.38. The van der Waals surface area contributed by atoms with E-state index in [1.807, 2.05) is 0 Å². The van der Waals surface area contributed by atoms with Crippen molar-refractivity contribution in [1.82, 2.24) is 0 Å². The smallest absolute Gasteiger partial charge is 0.748 e. The van der Waals surface area contributed by atoms with Gasteiger partial charge in [0.15, 0.2) is 0 Å². The Balaban J connectivity index is 0. The van der Waals surface area contributed by atoms with Crippen LogP contribution < -0.4 is 29.6 Å². The Labute approximate surface area is 146 Å². The minimum absolute atomic E-state index is 0. The molecule has 0 fully saturated rings. The third-order valence-corrected chi connectivity index (χ3v) is 4.83. The van der Waals surface area contributed by atoms with Crippen molar-refractivity contribution in [2.24, 2.45) is 0 Å². The van der Waals surface area contributed by atoms with Gasteiger partial charge < -0.3 is 9.66 Å². The van der Waals surface area contributed by atoms with Gasteiger partial charge in [-0.3, -0.25) is 0 Å². The van der Waals surface area contributed by atoms with Crippen molar-refractivity contribution in [3.05, 3.63) is 0 Å². The summed E-state index contributed by atoms with van der Waals surface area (Å²) in [7, 11) is -4.36. The Hall–Kier alpha value is 0.870. The molecule has 0 aromatic carbocycles. The normalized spacial score (nSPS) is 14.6. The number of hydrogen-bond donors (Lipinski definition) is 1. The molecule has 4 nitrogen and oxygen atoms in total. The molecule has 0 aliphatic heterocycles. The molecule has 0 aromatic heterocycles. The van der Waals surface area contributed by atoms with Crippen molar-refractivity contribution in [3.8, 4) is 0 Å². The second kappa shape index (κ2) is 13.5. The first kappa shape index (κ1) is 23.1. The van der Waals surface area contributed by atoms with Gasteiger partial charge in [0.1, 0.15) is 0 Å². The molecule has 0 aliphatic rings. The predicted octanol–water partition coefficient (Wildman–Crippen LogP) is 0.206. The van der Waals surface area contributed by atoms with Crippen molar-refractivity contribution < 1.29 is 47.6 Å². The Bertz CT molecular complexity index is 306. The SMILES string of the molecule is CCCCCCCCCCCC(O)C(C)S(=O)(=O)[O-].[Na+]. The molecule has 20 heavy (non-hydrogen) atoms. The molecule has 6 heteroatoms. The summed E-state index contributed by atoms with van der Waals surface area (Å²) in [6.07, 6.45) is 9.93. The van der Waals surface area contributed by atoms with Gasteiger partial charge in [-0.1, -0.05) is 64.7 Å². The van der Waals surface area contributed by atoms with Crippen LogP contribution in [-0.4, -0.2) is 29.4 Å². The summed E-state index contributed by atoms with van der Waals surface area (Å²) in [5.74, 6) is 0. The van der Waals surface area contributed by atoms with Crippen LogP contribution in [0.15, 0.2) is 0 Å². The van der Waals surface area contributed by atoms with Crippen LogP contribution in [0.2, 0.25) is 0 Å². The molecule has 0 saturated heterocycles. The van der Waals surface area contributed by atoms with Gasteiger partial charge >= 0.3 is 29.6 Å². The zero-order valence-electron chi connectivity index (χ0n) is 13.3. The van der Waals surface area contributed by atoms with Gasteiger partial charge in [0.05, 0.1) is 21.5 Å². The minimum Gasteiger partial charge on any atom is -0.748 e. The average molecular weight is 316 g/mol. The molecule has 0 aliphatic carbocycles. The number of hydrogen-bond acceptors (Lipinski definition) is 4. The van der Waals surface area contributed by atoms with E-state index in [1.54, 1.807) is 0 Å². The van der Waals surface area contributed by atoms with Gasteiger partial charge in [-0.25, -0.2) is 8.42 Å². The van der Waals surface area contributed by atoms with Crippen molar-refractivity contribution in [2.45, 2.75) is 89.4 Å². The van der Waals surface area contributed by atoms with Gasteiger partial charge in [0, 0.05) is 0 Å². The van der Waals surface area contributed by atoms with Crippen LogP contribution in [0, 0.1) is 0 Å². The monoisotopic (exact) mass is 316 g/mol. The maximum Gasteiger partial charge on any atom is 1.00 e. The van der Waals surface area contributed by atoms with E-state index in [0.717, 1.165) is 19.3 Å². The molecule has 2 atom stereocenters. The van der Waals surface area contributed by atoms with Gasteiger partial charge in [-0.05, 0) is 13.3 Å². The van der Waals surface area contributed by atoms with E-state index < -0.39 is 21.5 Å². The molecule has 0 spiro atoms. The first-order valence-corrected chi connectivity index (χ1v) is 8.99. The topological polar surface area (TPSA) is 77.4 Å². The maximum absolute atomic E-state index is 10.7. The minimum atomic E-state index is -4.36. The van der Waals surface area contributed by atoms with Crippen LogP contribution in [0.1, 0.15) is 78.1 Å². The number of unbranched alkanes of at least 4 members (excludes halogenated alkanes) is 8. The zero-order chi connectivity index (χ0) is 14.7. The van der Waals surface area contributed by atoms with Crippen molar-refractivity contribution in [3.63, 3.8) is 0 Å². The molecule has 116 valence electrons. The van der Waals surface area contributed by atoms with E-state index in [-0.39, 0.29) is 29.6 Å². The molecular weight excluding hydrogens is 287 g/mol. The molecule has 0 aromatic rings. The van der Waals surface area contributed by atoms with Crippen LogP contribution in [0.4, 0.5) is 0 Å². The predicted molar refractivity (Wildman–Crippen MR) is 77.0 cm³/mol. The van der Waals surface area contributed by atoms with Gasteiger partial charge in [-0.2, -0.15) is 0 Å².